The van der Waals surface area contributed by atoms with Crippen LogP contribution in [-0.2, 0) is 12.8 Å². The highest BCUT2D eigenvalue weighted by Crippen LogP contribution is 2.17. The summed E-state index contributed by atoms with van der Waals surface area (Å²) in [6, 6.07) is 6.07. The van der Waals surface area contributed by atoms with Crippen LogP contribution in [-0.4, -0.2) is 19.4 Å². The van der Waals surface area contributed by atoms with E-state index in [1.807, 2.05) is 12.1 Å². The maximum Gasteiger partial charge on any atom is 0.176 e. The van der Waals surface area contributed by atoms with Gasteiger partial charge in [0.05, 0.1) is 6.54 Å². The molecule has 1 aromatic rings. The lowest BCUT2D eigenvalue weighted by Gasteiger charge is -2.11. The van der Waals surface area contributed by atoms with Crippen molar-refractivity contribution in [2.45, 2.75) is 25.7 Å². The van der Waals surface area contributed by atoms with E-state index in [9.17, 15) is 4.79 Å². The summed E-state index contributed by atoms with van der Waals surface area (Å²) in [6.45, 7) is 0.401. The van der Waals surface area contributed by atoms with Gasteiger partial charge in [0.25, 0.3) is 0 Å². The fourth-order valence-electron chi connectivity index (χ4n) is 2.11. The second-order valence-corrected chi connectivity index (χ2v) is 4.29. The van der Waals surface area contributed by atoms with E-state index in [1.165, 1.54) is 11.1 Å². The quantitative estimate of drug-likeness (QED) is 0.632. The van der Waals surface area contributed by atoms with Crippen LogP contribution in [0.4, 0.5) is 0 Å². The van der Waals surface area contributed by atoms with Crippen LogP contribution in [0.1, 0.15) is 34.3 Å². The Hall–Kier alpha value is -1.59. The van der Waals surface area contributed by atoms with Crippen molar-refractivity contribution in [3.63, 3.8) is 0 Å². The summed E-state index contributed by atoms with van der Waals surface area (Å²) >= 11 is 0. The molecular weight excluding hydrogens is 210 g/mol. The van der Waals surface area contributed by atoms with E-state index in [-0.39, 0.29) is 5.78 Å². The fraction of sp³-hybridized carbons (Fsp3) is 0.400. The Morgan fingerprint density at radius 1 is 1.24 bits per heavy atom. The van der Waals surface area contributed by atoms with Crippen molar-refractivity contribution >= 4 is 5.78 Å². The summed E-state index contributed by atoms with van der Waals surface area (Å²) in [7, 11) is 1.79. The number of hydrogen-bond acceptors (Lipinski definition) is 2. The number of aryl methyl sites for hydroxylation is 2. The largest absolute Gasteiger partial charge is 0.313 e. The average Bonchev–Trinajstić information content (AvgIpc) is 2.30. The molecule has 2 nitrogen and oxygen atoms in total. The molecule has 17 heavy (non-hydrogen) atoms. The van der Waals surface area contributed by atoms with Gasteiger partial charge in [0.15, 0.2) is 5.78 Å². The van der Waals surface area contributed by atoms with E-state index >= 15 is 0 Å². The van der Waals surface area contributed by atoms with Crippen LogP contribution < -0.4 is 5.32 Å². The molecular formula is C15H17NO. The van der Waals surface area contributed by atoms with Crippen molar-refractivity contribution in [2.24, 2.45) is 0 Å². The van der Waals surface area contributed by atoms with Gasteiger partial charge in [-0.15, -0.1) is 11.8 Å². The molecule has 0 radical (unpaired) electrons. The number of nitrogens with one attached hydrogen (secondary N) is 1. The molecule has 0 saturated carbocycles. The first-order valence-corrected chi connectivity index (χ1v) is 6.06. The zero-order valence-corrected chi connectivity index (χ0v) is 10.2. The normalized spacial score (nSPS) is 13.9. The van der Waals surface area contributed by atoms with Gasteiger partial charge in [-0.1, -0.05) is 12.1 Å². The Morgan fingerprint density at radius 3 is 2.65 bits per heavy atom. The minimum Gasteiger partial charge on any atom is -0.313 e. The third kappa shape index (κ3) is 2.95. The van der Waals surface area contributed by atoms with Gasteiger partial charge in [-0.3, -0.25) is 4.79 Å². The smallest absolute Gasteiger partial charge is 0.176 e. The Kier molecular flexibility index (Phi) is 3.95. The van der Waals surface area contributed by atoms with Crippen LogP contribution in [0.25, 0.3) is 0 Å². The molecule has 2 rings (SSSR count). The number of ketones is 1. The van der Waals surface area contributed by atoms with Crippen LogP contribution in [0.5, 0.6) is 0 Å². The van der Waals surface area contributed by atoms with E-state index < -0.39 is 0 Å². The number of hydrogen-bond donors (Lipinski definition) is 1. The predicted molar refractivity (Wildman–Crippen MR) is 69.1 cm³/mol. The molecule has 1 aliphatic rings. The summed E-state index contributed by atoms with van der Waals surface area (Å²) < 4.78 is 0. The minimum atomic E-state index is 0.156. The SMILES string of the molecule is CNCC(=O)c1ccc2c(c1)CCC#CCC2. The van der Waals surface area contributed by atoms with Gasteiger partial charge in [-0.2, -0.15) is 0 Å². The van der Waals surface area contributed by atoms with Gasteiger partial charge in [0.1, 0.15) is 0 Å². The highest BCUT2D eigenvalue weighted by Gasteiger charge is 2.09. The topological polar surface area (TPSA) is 29.1 Å². The summed E-state index contributed by atoms with van der Waals surface area (Å²) in [5, 5.41) is 2.90. The molecule has 0 aromatic heterocycles. The van der Waals surface area contributed by atoms with Gasteiger partial charge >= 0.3 is 0 Å². The van der Waals surface area contributed by atoms with Crippen LogP contribution in [0.15, 0.2) is 18.2 Å². The summed E-state index contributed by atoms with van der Waals surface area (Å²) in [5.74, 6) is 6.47. The molecule has 0 fully saturated rings. The zero-order chi connectivity index (χ0) is 12.1. The number of carbonyl (C=O) groups is 1. The average molecular weight is 227 g/mol. The van der Waals surface area contributed by atoms with Crippen LogP contribution in [0.2, 0.25) is 0 Å². The fourth-order valence-corrected chi connectivity index (χ4v) is 2.11. The first kappa shape index (κ1) is 11.9. The van der Waals surface area contributed by atoms with E-state index in [4.69, 9.17) is 0 Å². The number of carbonyl (C=O) groups excluding carboxylic acids is 1. The summed E-state index contributed by atoms with van der Waals surface area (Å²) in [6.07, 6.45) is 3.79. The van der Waals surface area contributed by atoms with Crippen LogP contribution in [0, 0.1) is 11.8 Å². The van der Waals surface area contributed by atoms with Crippen molar-refractivity contribution in [3.05, 3.63) is 34.9 Å². The molecule has 0 saturated heterocycles. The molecule has 0 spiro atoms. The number of benzene rings is 1. The molecule has 0 bridgehead atoms. The minimum absolute atomic E-state index is 0.156. The second kappa shape index (κ2) is 5.65. The van der Waals surface area contributed by atoms with Crippen LogP contribution in [0.3, 0.4) is 0 Å². The van der Waals surface area contributed by atoms with E-state index in [1.54, 1.807) is 7.05 Å². The van der Waals surface area contributed by atoms with E-state index in [2.05, 4.69) is 23.2 Å². The molecule has 1 aliphatic carbocycles. The molecule has 1 N–H and O–H groups in total. The maximum absolute atomic E-state index is 11.8. The first-order valence-electron chi connectivity index (χ1n) is 6.06. The Labute approximate surface area is 102 Å². The molecule has 0 unspecified atom stereocenters. The third-order valence-corrected chi connectivity index (χ3v) is 3.03. The van der Waals surface area contributed by atoms with Crippen molar-refractivity contribution in [1.29, 1.82) is 0 Å². The first-order chi connectivity index (χ1) is 8.31. The lowest BCUT2D eigenvalue weighted by atomic mass is 9.94. The Balaban J connectivity index is 2.25. The van der Waals surface area contributed by atoms with Crippen molar-refractivity contribution < 1.29 is 4.79 Å². The lowest BCUT2D eigenvalue weighted by molar-refractivity contribution is 0.0993. The molecule has 0 aliphatic heterocycles. The van der Waals surface area contributed by atoms with Gasteiger partial charge in [-0.05, 0) is 37.1 Å². The number of likely N-dealkylation sites (N-methyl/N-ethyl adjacent to an activating group) is 1. The number of Topliss-reactive ketones (excluding diaryl/α,β-unsaturated/α-hetero) is 1. The third-order valence-electron chi connectivity index (χ3n) is 3.03. The van der Waals surface area contributed by atoms with Gasteiger partial charge in [0.2, 0.25) is 0 Å². The molecule has 0 heterocycles. The summed E-state index contributed by atoms with van der Waals surface area (Å²) in [4.78, 5) is 11.8. The number of fused-ring (bicyclic) bond motifs is 1. The molecule has 88 valence electrons. The van der Waals surface area contributed by atoms with Crippen molar-refractivity contribution in [1.82, 2.24) is 5.32 Å². The highest BCUT2D eigenvalue weighted by molar-refractivity contribution is 5.97. The lowest BCUT2D eigenvalue weighted by Crippen LogP contribution is -2.18. The molecule has 1 aromatic carbocycles. The predicted octanol–water partition coefficient (Wildman–Crippen LogP) is 1.97. The number of rotatable bonds is 3. The van der Waals surface area contributed by atoms with Crippen molar-refractivity contribution in [3.8, 4) is 11.8 Å². The van der Waals surface area contributed by atoms with Gasteiger partial charge in [0, 0.05) is 18.4 Å². The van der Waals surface area contributed by atoms with Gasteiger partial charge in [-0.25, -0.2) is 0 Å². The monoisotopic (exact) mass is 227 g/mol. The zero-order valence-electron chi connectivity index (χ0n) is 10.2. The maximum atomic E-state index is 11.8. The van der Waals surface area contributed by atoms with Gasteiger partial charge < -0.3 is 5.32 Å². The van der Waals surface area contributed by atoms with E-state index in [0.717, 1.165) is 31.2 Å². The van der Waals surface area contributed by atoms with Crippen LogP contribution >= 0.6 is 0 Å². The molecule has 2 heteroatoms. The van der Waals surface area contributed by atoms with E-state index in [0.29, 0.717) is 6.54 Å². The molecule has 0 atom stereocenters. The molecule has 0 amide bonds. The highest BCUT2D eigenvalue weighted by atomic mass is 16.1. The summed E-state index contributed by atoms with van der Waals surface area (Å²) in [5.41, 5.74) is 3.45. The second-order valence-electron chi connectivity index (χ2n) is 4.29. The van der Waals surface area contributed by atoms with Crippen molar-refractivity contribution in [2.75, 3.05) is 13.6 Å². The Morgan fingerprint density at radius 2 is 1.94 bits per heavy atom. The standard InChI is InChI=1S/C15H17NO/c1-16-11-15(17)14-9-8-12-6-4-2-3-5-7-13(12)10-14/h8-10,16H,4-7,11H2,1H3. The Bertz CT molecular complexity index is 479.